The Morgan fingerprint density at radius 1 is 1.47 bits per heavy atom. The number of carbonyl (C=O) groups is 1. The number of hydrogen-bond acceptors (Lipinski definition) is 2. The van der Waals surface area contributed by atoms with E-state index in [0.29, 0.717) is 0 Å². The zero-order valence-corrected chi connectivity index (χ0v) is 10.4. The summed E-state index contributed by atoms with van der Waals surface area (Å²) < 4.78 is 5.28. The summed E-state index contributed by atoms with van der Waals surface area (Å²) in [5.74, 6) is 1.40. The fourth-order valence-corrected chi connectivity index (χ4v) is 2.51. The fourth-order valence-electron chi connectivity index (χ4n) is 2.51. The molecule has 2 rings (SSSR count). The highest BCUT2D eigenvalue weighted by molar-refractivity contribution is 5.78. The van der Waals surface area contributed by atoms with Crippen LogP contribution >= 0.6 is 0 Å². The lowest BCUT2D eigenvalue weighted by molar-refractivity contribution is -0.126. The monoisotopic (exact) mass is 235 g/mol. The van der Waals surface area contributed by atoms with Gasteiger partial charge >= 0.3 is 0 Å². The van der Waals surface area contributed by atoms with E-state index in [9.17, 15) is 4.79 Å². The molecule has 1 saturated carbocycles. The average Bonchev–Trinajstić information content (AvgIpc) is 2.82. The Labute approximate surface area is 103 Å². The second kappa shape index (κ2) is 5.89. The standard InChI is InChI=1S/C14H21NO2/c1-11(10-13-8-5-9-17-13)15-14(16)12-6-3-2-4-7-12/h5,8-9,11-12H,2-4,6-7,10H2,1H3,(H,15,16)/t11-/m1/s1. The van der Waals surface area contributed by atoms with E-state index < -0.39 is 0 Å². The Bertz CT molecular complexity index is 339. The van der Waals surface area contributed by atoms with E-state index in [0.717, 1.165) is 25.0 Å². The van der Waals surface area contributed by atoms with Gasteiger partial charge in [-0.3, -0.25) is 4.79 Å². The molecule has 94 valence electrons. The third kappa shape index (κ3) is 3.62. The first-order valence-electron chi connectivity index (χ1n) is 6.58. The predicted octanol–water partition coefficient (Wildman–Crippen LogP) is 2.91. The molecule has 0 radical (unpaired) electrons. The summed E-state index contributed by atoms with van der Waals surface area (Å²) in [7, 11) is 0. The van der Waals surface area contributed by atoms with Crippen molar-refractivity contribution < 1.29 is 9.21 Å². The van der Waals surface area contributed by atoms with Gasteiger partial charge in [-0.15, -0.1) is 0 Å². The van der Waals surface area contributed by atoms with Gasteiger partial charge in [-0.1, -0.05) is 19.3 Å². The van der Waals surface area contributed by atoms with Gasteiger partial charge in [0, 0.05) is 18.4 Å². The summed E-state index contributed by atoms with van der Waals surface area (Å²) in [5, 5.41) is 3.09. The molecular weight excluding hydrogens is 214 g/mol. The van der Waals surface area contributed by atoms with Gasteiger partial charge in [0.1, 0.15) is 5.76 Å². The molecule has 3 heteroatoms. The highest BCUT2D eigenvalue weighted by Gasteiger charge is 2.22. The number of carbonyl (C=O) groups excluding carboxylic acids is 1. The Hall–Kier alpha value is -1.25. The molecule has 17 heavy (non-hydrogen) atoms. The summed E-state index contributed by atoms with van der Waals surface area (Å²) >= 11 is 0. The molecule has 0 aromatic carbocycles. The van der Waals surface area contributed by atoms with Crippen LogP contribution in [0.3, 0.4) is 0 Å². The van der Waals surface area contributed by atoms with Crippen LogP contribution in [0.2, 0.25) is 0 Å². The van der Waals surface area contributed by atoms with Gasteiger partial charge in [-0.05, 0) is 31.9 Å². The molecule has 1 aliphatic rings. The van der Waals surface area contributed by atoms with Crippen LogP contribution in [0.1, 0.15) is 44.8 Å². The van der Waals surface area contributed by atoms with Crippen molar-refractivity contribution in [3.8, 4) is 0 Å². The smallest absolute Gasteiger partial charge is 0.223 e. The zero-order valence-electron chi connectivity index (χ0n) is 10.4. The highest BCUT2D eigenvalue weighted by Crippen LogP contribution is 2.23. The molecule has 1 fully saturated rings. The quantitative estimate of drug-likeness (QED) is 0.872. The summed E-state index contributed by atoms with van der Waals surface area (Å²) in [4.78, 5) is 12.0. The van der Waals surface area contributed by atoms with Gasteiger partial charge < -0.3 is 9.73 Å². The molecule has 1 amide bonds. The van der Waals surface area contributed by atoms with Crippen molar-refractivity contribution in [3.63, 3.8) is 0 Å². The molecule has 0 unspecified atom stereocenters. The Morgan fingerprint density at radius 2 is 2.24 bits per heavy atom. The van der Waals surface area contributed by atoms with Gasteiger partial charge in [0.25, 0.3) is 0 Å². The molecule has 0 saturated heterocycles. The maximum absolute atomic E-state index is 12.0. The first-order chi connectivity index (χ1) is 8.25. The van der Waals surface area contributed by atoms with E-state index in [1.807, 2.05) is 19.1 Å². The first kappa shape index (κ1) is 12.2. The third-order valence-electron chi connectivity index (χ3n) is 3.45. The van der Waals surface area contributed by atoms with Crippen LogP contribution in [0.5, 0.6) is 0 Å². The van der Waals surface area contributed by atoms with Crippen LogP contribution in [0, 0.1) is 5.92 Å². The minimum Gasteiger partial charge on any atom is -0.469 e. The van der Waals surface area contributed by atoms with Gasteiger partial charge in [0.05, 0.1) is 6.26 Å². The minimum absolute atomic E-state index is 0.149. The van der Waals surface area contributed by atoms with E-state index in [1.165, 1.54) is 19.3 Å². The second-order valence-corrected chi connectivity index (χ2v) is 5.03. The molecule has 1 aromatic heterocycles. The Kier molecular flexibility index (Phi) is 4.24. The third-order valence-corrected chi connectivity index (χ3v) is 3.45. The molecule has 3 nitrogen and oxygen atoms in total. The van der Waals surface area contributed by atoms with Crippen LogP contribution < -0.4 is 5.32 Å². The van der Waals surface area contributed by atoms with Gasteiger partial charge in [-0.2, -0.15) is 0 Å². The van der Waals surface area contributed by atoms with E-state index in [2.05, 4.69) is 5.32 Å². The maximum atomic E-state index is 12.0. The number of amides is 1. The molecule has 0 aliphatic heterocycles. The highest BCUT2D eigenvalue weighted by atomic mass is 16.3. The predicted molar refractivity (Wildman–Crippen MR) is 66.6 cm³/mol. The Balaban J connectivity index is 1.77. The summed E-state index contributed by atoms with van der Waals surface area (Å²) in [5.41, 5.74) is 0. The fraction of sp³-hybridized carbons (Fsp3) is 0.643. The topological polar surface area (TPSA) is 42.2 Å². The van der Waals surface area contributed by atoms with E-state index >= 15 is 0 Å². The summed E-state index contributed by atoms with van der Waals surface area (Å²) in [6, 6.07) is 3.98. The largest absolute Gasteiger partial charge is 0.469 e. The minimum atomic E-state index is 0.149. The first-order valence-corrected chi connectivity index (χ1v) is 6.58. The lowest BCUT2D eigenvalue weighted by Gasteiger charge is -2.22. The SMILES string of the molecule is C[C@H](Cc1ccco1)NC(=O)C1CCCCC1. The van der Waals surface area contributed by atoms with Crippen molar-refractivity contribution >= 4 is 5.91 Å². The number of hydrogen-bond donors (Lipinski definition) is 1. The van der Waals surface area contributed by atoms with Crippen LogP contribution in [0.25, 0.3) is 0 Å². The summed E-state index contributed by atoms with van der Waals surface area (Å²) in [6.45, 7) is 2.03. The van der Waals surface area contributed by atoms with E-state index in [-0.39, 0.29) is 17.9 Å². The average molecular weight is 235 g/mol. The van der Waals surface area contributed by atoms with Gasteiger partial charge in [0.2, 0.25) is 5.91 Å². The normalized spacial score (nSPS) is 18.9. The van der Waals surface area contributed by atoms with Crippen molar-refractivity contribution in [2.75, 3.05) is 0 Å². The van der Waals surface area contributed by atoms with Crippen molar-refractivity contribution in [3.05, 3.63) is 24.2 Å². The molecule has 0 spiro atoms. The van der Waals surface area contributed by atoms with E-state index in [4.69, 9.17) is 4.42 Å². The van der Waals surface area contributed by atoms with Crippen LogP contribution in [-0.4, -0.2) is 11.9 Å². The van der Waals surface area contributed by atoms with Crippen molar-refractivity contribution in [1.82, 2.24) is 5.32 Å². The van der Waals surface area contributed by atoms with Gasteiger partial charge in [-0.25, -0.2) is 0 Å². The Morgan fingerprint density at radius 3 is 2.88 bits per heavy atom. The zero-order chi connectivity index (χ0) is 12.1. The van der Waals surface area contributed by atoms with E-state index in [1.54, 1.807) is 6.26 Å². The van der Waals surface area contributed by atoms with Crippen molar-refractivity contribution in [2.24, 2.45) is 5.92 Å². The molecule has 0 bridgehead atoms. The van der Waals surface area contributed by atoms with Crippen LogP contribution in [0.15, 0.2) is 22.8 Å². The molecule has 1 N–H and O–H groups in total. The van der Waals surface area contributed by atoms with Gasteiger partial charge in [0.15, 0.2) is 0 Å². The van der Waals surface area contributed by atoms with Crippen molar-refractivity contribution in [2.45, 2.75) is 51.5 Å². The molecular formula is C14H21NO2. The molecule has 1 aliphatic carbocycles. The lowest BCUT2D eigenvalue weighted by atomic mass is 9.88. The maximum Gasteiger partial charge on any atom is 0.223 e. The van der Waals surface area contributed by atoms with Crippen molar-refractivity contribution in [1.29, 1.82) is 0 Å². The molecule has 1 heterocycles. The molecule has 1 aromatic rings. The number of furan rings is 1. The van der Waals surface area contributed by atoms with Crippen LogP contribution in [0.4, 0.5) is 0 Å². The summed E-state index contributed by atoms with van der Waals surface area (Å²) in [6.07, 6.45) is 8.23. The second-order valence-electron chi connectivity index (χ2n) is 5.03. The van der Waals surface area contributed by atoms with Crippen LogP contribution in [-0.2, 0) is 11.2 Å². The molecule has 1 atom stereocenters. The number of nitrogens with one attached hydrogen (secondary N) is 1. The lowest BCUT2D eigenvalue weighted by Crippen LogP contribution is -2.39. The number of rotatable bonds is 4.